The van der Waals surface area contributed by atoms with Gasteiger partial charge in [-0.1, -0.05) is 0 Å². The van der Waals surface area contributed by atoms with Crippen LogP contribution in [0.1, 0.15) is 18.9 Å². The van der Waals surface area contributed by atoms with E-state index in [2.05, 4.69) is 48.3 Å². The monoisotopic (exact) mass is 589 g/mol. The number of nitrogens with one attached hydrogen (secondary N) is 1. The zero-order valence-corrected chi connectivity index (χ0v) is 24.8. The summed E-state index contributed by atoms with van der Waals surface area (Å²) >= 11 is 0. The number of pyridine rings is 1. The van der Waals surface area contributed by atoms with Gasteiger partial charge >= 0.3 is 0 Å². The molecule has 1 saturated heterocycles. The van der Waals surface area contributed by atoms with Crippen LogP contribution in [0, 0.1) is 0 Å². The van der Waals surface area contributed by atoms with Crippen molar-refractivity contribution in [3.05, 3.63) is 73.1 Å². The lowest BCUT2D eigenvalue weighted by Crippen LogP contribution is -2.37. The summed E-state index contributed by atoms with van der Waals surface area (Å²) in [7, 11) is 0.953. The lowest BCUT2D eigenvalue weighted by atomic mass is 10.1. The second-order valence-electron chi connectivity index (χ2n) is 10.5. The molecule has 4 heterocycles. The Morgan fingerprint density at radius 1 is 0.929 bits per heavy atom. The van der Waals surface area contributed by atoms with Gasteiger partial charge in [0.2, 0.25) is 11.8 Å². The molecule has 3 aromatic heterocycles. The highest BCUT2D eigenvalue weighted by atomic mass is 32.2. The Bertz CT molecular complexity index is 1810. The number of aryl methyl sites for hydroxylation is 1. The van der Waals surface area contributed by atoms with E-state index < -0.39 is 10.0 Å². The first-order valence-electron chi connectivity index (χ1n) is 14.0. The van der Waals surface area contributed by atoms with E-state index in [1.54, 1.807) is 24.3 Å². The highest BCUT2D eigenvalue weighted by Crippen LogP contribution is 2.34. The molecule has 1 N–H and O–H groups in total. The van der Waals surface area contributed by atoms with E-state index in [0.717, 1.165) is 60.0 Å². The van der Waals surface area contributed by atoms with Crippen LogP contribution in [-0.2, 0) is 17.1 Å². The summed E-state index contributed by atoms with van der Waals surface area (Å²) in [4.78, 5) is 6.75. The maximum absolute atomic E-state index is 13.4. The van der Waals surface area contributed by atoms with Crippen molar-refractivity contribution in [1.29, 1.82) is 0 Å². The fourth-order valence-electron chi connectivity index (χ4n) is 5.73. The van der Waals surface area contributed by atoms with Gasteiger partial charge in [0, 0.05) is 73.0 Å². The smallest absolute Gasteiger partial charge is 0.262 e. The largest absolute Gasteiger partial charge is 0.492 e. The lowest BCUT2D eigenvalue weighted by molar-refractivity contribution is 0.157. The zero-order chi connectivity index (χ0) is 29.3. The zero-order valence-electron chi connectivity index (χ0n) is 24.0. The molecule has 0 amide bonds. The molecule has 0 atom stereocenters. The summed E-state index contributed by atoms with van der Waals surface area (Å²) in [5, 5.41) is 1.76. The quantitative estimate of drug-likeness (QED) is 0.243. The van der Waals surface area contributed by atoms with Gasteiger partial charge in [-0.25, -0.2) is 8.42 Å². The average molecular weight is 590 g/mol. The Hall–Kier alpha value is -4.22. The van der Waals surface area contributed by atoms with Gasteiger partial charge in [0.05, 0.1) is 19.1 Å². The van der Waals surface area contributed by atoms with Gasteiger partial charge in [0.25, 0.3) is 10.0 Å². The van der Waals surface area contributed by atoms with Gasteiger partial charge in [0.15, 0.2) is 0 Å². The average Bonchev–Trinajstić information content (AvgIpc) is 3.64. The van der Waals surface area contributed by atoms with Crippen molar-refractivity contribution in [2.45, 2.75) is 23.8 Å². The molecular formula is C31H35N5O5S. The van der Waals surface area contributed by atoms with E-state index in [9.17, 15) is 8.42 Å². The van der Waals surface area contributed by atoms with Crippen LogP contribution in [-0.4, -0.2) is 67.9 Å². The molecule has 0 bridgehead atoms. The van der Waals surface area contributed by atoms with Crippen LogP contribution in [0.15, 0.2) is 78.0 Å². The predicted octanol–water partition coefficient (Wildman–Crippen LogP) is 5.06. The summed E-state index contributed by atoms with van der Waals surface area (Å²) < 4.78 is 50.3. The first-order chi connectivity index (χ1) is 20.4. The second kappa shape index (κ2) is 11.6. The van der Waals surface area contributed by atoms with E-state index in [-0.39, 0.29) is 16.5 Å². The summed E-state index contributed by atoms with van der Waals surface area (Å²) in [6.45, 7) is 3.56. The maximum atomic E-state index is 13.4. The number of benzene rings is 2. The SMILES string of the molecule is COc1ccc(NS(=O)(=O)c2ccc3c(c2)c2cc(OCCN4CCC(n5cccc5)CC4)ccc2n3C)c(OC)n1. The molecule has 2 aromatic carbocycles. The number of likely N-dealkylation sites (tertiary alicyclic amines) is 1. The molecule has 0 radical (unpaired) electrons. The third-order valence-electron chi connectivity index (χ3n) is 8.02. The predicted molar refractivity (Wildman–Crippen MR) is 163 cm³/mol. The second-order valence-corrected chi connectivity index (χ2v) is 12.2. The first-order valence-corrected chi connectivity index (χ1v) is 15.5. The summed E-state index contributed by atoms with van der Waals surface area (Å²) in [6, 6.07) is 19.0. The molecule has 1 aliphatic rings. The number of rotatable bonds is 10. The van der Waals surface area contributed by atoms with Crippen molar-refractivity contribution in [3.63, 3.8) is 0 Å². The molecule has 11 heteroatoms. The number of sulfonamides is 1. The van der Waals surface area contributed by atoms with E-state index in [4.69, 9.17) is 14.2 Å². The number of fused-ring (bicyclic) bond motifs is 3. The van der Waals surface area contributed by atoms with E-state index in [1.165, 1.54) is 14.2 Å². The molecule has 0 aliphatic carbocycles. The van der Waals surface area contributed by atoms with Crippen molar-refractivity contribution >= 4 is 37.5 Å². The number of hydrogen-bond acceptors (Lipinski definition) is 7. The molecule has 10 nitrogen and oxygen atoms in total. The molecule has 0 unspecified atom stereocenters. The molecule has 1 fully saturated rings. The van der Waals surface area contributed by atoms with Crippen molar-refractivity contribution in [2.24, 2.45) is 7.05 Å². The standard InChI is InChI=1S/C31H35N5O5S/c1-34-28-9-6-23(41-19-18-35-16-12-22(13-17-35)36-14-4-5-15-36)20-25(28)26-21-24(7-10-29(26)34)42(37,38)33-27-8-11-30(39-2)32-31(27)40-3/h4-11,14-15,20-22,33H,12-13,16-19H2,1-3H3. The van der Waals surface area contributed by atoms with Gasteiger partial charge in [-0.15, -0.1) is 0 Å². The molecule has 0 saturated carbocycles. The summed E-state index contributed by atoms with van der Waals surface area (Å²) in [6.07, 6.45) is 6.58. The number of piperidine rings is 1. The first kappa shape index (κ1) is 27.9. The Kier molecular flexibility index (Phi) is 7.70. The minimum absolute atomic E-state index is 0.122. The maximum Gasteiger partial charge on any atom is 0.262 e. The molecule has 6 rings (SSSR count). The van der Waals surface area contributed by atoms with Crippen LogP contribution >= 0.6 is 0 Å². The molecular weight excluding hydrogens is 554 g/mol. The number of aromatic nitrogens is 3. The highest BCUT2D eigenvalue weighted by Gasteiger charge is 2.21. The normalized spacial score (nSPS) is 14.8. The topological polar surface area (TPSA) is 99.8 Å². The van der Waals surface area contributed by atoms with E-state index >= 15 is 0 Å². The minimum atomic E-state index is -3.93. The van der Waals surface area contributed by atoms with Crippen molar-refractivity contribution in [2.75, 3.05) is 45.2 Å². The van der Waals surface area contributed by atoms with Crippen molar-refractivity contribution < 1.29 is 22.6 Å². The number of anilines is 1. The lowest BCUT2D eigenvalue weighted by Gasteiger charge is -2.32. The molecule has 0 spiro atoms. The number of ether oxygens (including phenoxy) is 3. The molecule has 220 valence electrons. The fraction of sp³-hybridized carbons (Fsp3) is 0.323. The van der Waals surface area contributed by atoms with Crippen LogP contribution in [0.2, 0.25) is 0 Å². The Morgan fingerprint density at radius 3 is 2.36 bits per heavy atom. The van der Waals surface area contributed by atoms with Crippen LogP contribution < -0.4 is 18.9 Å². The Balaban J connectivity index is 1.18. The third-order valence-corrected chi connectivity index (χ3v) is 9.39. The number of nitrogens with zero attached hydrogens (tertiary/aromatic N) is 4. The minimum Gasteiger partial charge on any atom is -0.492 e. The molecule has 42 heavy (non-hydrogen) atoms. The van der Waals surface area contributed by atoms with Crippen LogP contribution in [0.5, 0.6) is 17.5 Å². The van der Waals surface area contributed by atoms with Crippen LogP contribution in [0.25, 0.3) is 21.8 Å². The number of hydrogen-bond donors (Lipinski definition) is 1. The van der Waals surface area contributed by atoms with Gasteiger partial charge in [0.1, 0.15) is 18.0 Å². The van der Waals surface area contributed by atoms with Crippen LogP contribution in [0.3, 0.4) is 0 Å². The Morgan fingerprint density at radius 2 is 1.64 bits per heavy atom. The van der Waals surface area contributed by atoms with E-state index in [0.29, 0.717) is 18.5 Å². The molecule has 1 aliphatic heterocycles. The van der Waals surface area contributed by atoms with E-state index in [1.807, 2.05) is 31.3 Å². The van der Waals surface area contributed by atoms with Crippen molar-refractivity contribution in [3.8, 4) is 17.5 Å². The third kappa shape index (κ3) is 5.49. The molecule has 5 aromatic rings. The summed E-state index contributed by atoms with van der Waals surface area (Å²) in [5.41, 5.74) is 2.14. The van der Waals surface area contributed by atoms with Gasteiger partial charge in [-0.05, 0) is 67.4 Å². The fourth-order valence-corrected chi connectivity index (χ4v) is 6.82. The van der Waals surface area contributed by atoms with Crippen molar-refractivity contribution in [1.82, 2.24) is 19.0 Å². The summed E-state index contributed by atoms with van der Waals surface area (Å²) in [5.74, 6) is 1.20. The highest BCUT2D eigenvalue weighted by molar-refractivity contribution is 7.92. The van der Waals surface area contributed by atoms with Gasteiger partial charge < -0.3 is 23.3 Å². The van der Waals surface area contributed by atoms with Gasteiger partial charge in [-0.2, -0.15) is 4.98 Å². The Labute approximate surface area is 245 Å². The van der Waals surface area contributed by atoms with Crippen LogP contribution in [0.4, 0.5) is 5.69 Å². The van der Waals surface area contributed by atoms with Gasteiger partial charge in [-0.3, -0.25) is 9.62 Å². The number of methoxy groups -OCH3 is 2.